The minimum Gasteiger partial charge on any atom is -0.484 e. The summed E-state index contributed by atoms with van der Waals surface area (Å²) in [6.07, 6.45) is 1.96. The largest absolute Gasteiger partial charge is 0.484 e. The molecule has 0 aliphatic carbocycles. The second kappa shape index (κ2) is 8.38. The maximum absolute atomic E-state index is 12.3. The molecule has 4 nitrogen and oxygen atoms in total. The van der Waals surface area contributed by atoms with Gasteiger partial charge in [-0.15, -0.1) is 11.8 Å². The Balaban J connectivity index is 1.91. The number of carbonyl (C=O) groups is 1. The summed E-state index contributed by atoms with van der Waals surface area (Å²) in [7, 11) is 0. The fourth-order valence-electron chi connectivity index (χ4n) is 1.78. The van der Waals surface area contributed by atoms with E-state index in [9.17, 15) is 13.6 Å². The molecule has 0 radical (unpaired) electrons. The summed E-state index contributed by atoms with van der Waals surface area (Å²) in [5.41, 5.74) is 0.166. The number of carbonyl (C=O) groups excluding carboxylic acids is 1. The van der Waals surface area contributed by atoms with Crippen LogP contribution in [0.4, 0.5) is 14.5 Å². The number of anilines is 1. The van der Waals surface area contributed by atoms with Gasteiger partial charge in [0.1, 0.15) is 11.5 Å². The molecule has 1 N–H and O–H groups in total. The molecule has 0 spiro atoms. The van der Waals surface area contributed by atoms with Crippen molar-refractivity contribution in [3.8, 4) is 11.5 Å². The van der Waals surface area contributed by atoms with Crippen LogP contribution in [0.25, 0.3) is 0 Å². The predicted octanol–water partition coefficient (Wildman–Crippen LogP) is 4.03. The monoisotopic (exact) mass is 339 g/mol. The van der Waals surface area contributed by atoms with Crippen LogP contribution in [0.2, 0.25) is 0 Å². The summed E-state index contributed by atoms with van der Waals surface area (Å²) in [6, 6.07) is 13.2. The Bertz CT molecular complexity index is 650. The average Bonchev–Trinajstić information content (AvgIpc) is 2.55. The summed E-state index contributed by atoms with van der Waals surface area (Å²) in [5, 5.41) is 2.48. The molecule has 1 amide bonds. The lowest BCUT2D eigenvalue weighted by Gasteiger charge is -2.12. The van der Waals surface area contributed by atoms with Gasteiger partial charge in [-0.1, -0.05) is 12.1 Å². The van der Waals surface area contributed by atoms with Gasteiger partial charge in [0, 0.05) is 4.90 Å². The van der Waals surface area contributed by atoms with Crippen molar-refractivity contribution in [2.45, 2.75) is 11.5 Å². The van der Waals surface area contributed by atoms with Gasteiger partial charge < -0.3 is 14.8 Å². The Kier molecular flexibility index (Phi) is 6.22. The van der Waals surface area contributed by atoms with E-state index in [1.807, 2.05) is 18.4 Å². The third kappa shape index (κ3) is 5.45. The molecule has 0 heterocycles. The standard InChI is InChI=1S/C16H15F2NO3S/c1-23-12-8-6-11(7-9-12)21-10-15(20)19-13-4-2-3-5-14(13)22-16(17)18/h2-9,16H,10H2,1H3,(H,19,20). The maximum atomic E-state index is 12.3. The van der Waals surface area contributed by atoms with Crippen LogP contribution in [-0.2, 0) is 4.79 Å². The normalized spacial score (nSPS) is 10.4. The molecule has 0 fully saturated rings. The first-order chi connectivity index (χ1) is 11.1. The van der Waals surface area contributed by atoms with Crippen molar-refractivity contribution in [1.82, 2.24) is 0 Å². The molecule has 7 heteroatoms. The van der Waals surface area contributed by atoms with Crippen LogP contribution in [0.1, 0.15) is 0 Å². The fourth-order valence-corrected chi connectivity index (χ4v) is 2.18. The molecule has 0 unspecified atom stereocenters. The van der Waals surface area contributed by atoms with Gasteiger partial charge in [0.25, 0.3) is 5.91 Å². The highest BCUT2D eigenvalue weighted by Gasteiger charge is 2.11. The molecule has 0 atom stereocenters. The van der Waals surface area contributed by atoms with E-state index < -0.39 is 12.5 Å². The Hall–Kier alpha value is -2.28. The number of thioether (sulfide) groups is 1. The number of alkyl halides is 2. The topological polar surface area (TPSA) is 47.6 Å². The van der Waals surface area contributed by atoms with Gasteiger partial charge in [0.05, 0.1) is 5.69 Å². The molecule has 0 saturated carbocycles. The van der Waals surface area contributed by atoms with Gasteiger partial charge in [-0.05, 0) is 42.7 Å². The molecule has 2 rings (SSSR count). The summed E-state index contributed by atoms with van der Waals surface area (Å²) in [6.45, 7) is -3.19. The first kappa shape index (κ1) is 17.1. The molecule has 23 heavy (non-hydrogen) atoms. The van der Waals surface area contributed by atoms with E-state index in [2.05, 4.69) is 10.1 Å². The van der Waals surface area contributed by atoms with Gasteiger partial charge in [0.15, 0.2) is 6.61 Å². The van der Waals surface area contributed by atoms with Gasteiger partial charge in [-0.2, -0.15) is 8.78 Å². The summed E-state index contributed by atoms with van der Waals surface area (Å²) < 4.78 is 34.3. The van der Waals surface area contributed by atoms with E-state index >= 15 is 0 Å². The molecule has 0 bridgehead atoms. The van der Waals surface area contributed by atoms with Crippen molar-refractivity contribution in [3.63, 3.8) is 0 Å². The van der Waals surface area contributed by atoms with Crippen LogP contribution in [0.15, 0.2) is 53.4 Å². The van der Waals surface area contributed by atoms with Crippen LogP contribution in [-0.4, -0.2) is 25.4 Å². The molecule has 0 aromatic heterocycles. The van der Waals surface area contributed by atoms with Crippen LogP contribution < -0.4 is 14.8 Å². The SMILES string of the molecule is CSc1ccc(OCC(=O)Nc2ccccc2OC(F)F)cc1. The van der Waals surface area contributed by atoms with Crippen molar-refractivity contribution in [1.29, 1.82) is 0 Å². The third-order valence-corrected chi connectivity index (χ3v) is 3.55. The first-order valence-electron chi connectivity index (χ1n) is 6.69. The van der Waals surface area contributed by atoms with Crippen LogP contribution >= 0.6 is 11.8 Å². The number of ether oxygens (including phenoxy) is 2. The van der Waals surface area contributed by atoms with Gasteiger partial charge in [-0.25, -0.2) is 0 Å². The quantitative estimate of drug-likeness (QED) is 0.774. The minimum atomic E-state index is -2.96. The van der Waals surface area contributed by atoms with Crippen LogP contribution in [0, 0.1) is 0 Å². The lowest BCUT2D eigenvalue weighted by Crippen LogP contribution is -2.20. The smallest absolute Gasteiger partial charge is 0.387 e. The lowest BCUT2D eigenvalue weighted by atomic mass is 10.3. The molecule has 0 aliphatic heterocycles. The van der Waals surface area contributed by atoms with E-state index in [-0.39, 0.29) is 18.0 Å². The van der Waals surface area contributed by atoms with Crippen LogP contribution in [0.5, 0.6) is 11.5 Å². The van der Waals surface area contributed by atoms with Crippen molar-refractivity contribution >= 4 is 23.4 Å². The van der Waals surface area contributed by atoms with E-state index in [1.54, 1.807) is 30.0 Å². The number of hydrogen-bond acceptors (Lipinski definition) is 4. The zero-order valence-electron chi connectivity index (χ0n) is 12.3. The van der Waals surface area contributed by atoms with Crippen molar-refractivity contribution in [2.75, 3.05) is 18.2 Å². The van der Waals surface area contributed by atoms with Crippen molar-refractivity contribution in [2.24, 2.45) is 0 Å². The molecular formula is C16H15F2NO3S. The summed E-state index contributed by atoms with van der Waals surface area (Å²) in [4.78, 5) is 12.9. The maximum Gasteiger partial charge on any atom is 0.387 e. The number of halogens is 2. The first-order valence-corrected chi connectivity index (χ1v) is 7.91. The van der Waals surface area contributed by atoms with E-state index in [4.69, 9.17) is 4.74 Å². The summed E-state index contributed by atoms with van der Waals surface area (Å²) in [5.74, 6) is -0.0144. The molecule has 122 valence electrons. The lowest BCUT2D eigenvalue weighted by molar-refractivity contribution is -0.118. The predicted molar refractivity (Wildman–Crippen MR) is 85.4 cm³/mol. The number of nitrogens with one attached hydrogen (secondary N) is 1. The van der Waals surface area contributed by atoms with Crippen molar-refractivity contribution in [3.05, 3.63) is 48.5 Å². The number of rotatable bonds is 7. The van der Waals surface area contributed by atoms with Crippen LogP contribution in [0.3, 0.4) is 0 Å². The van der Waals surface area contributed by atoms with Crippen molar-refractivity contribution < 1.29 is 23.0 Å². The number of hydrogen-bond donors (Lipinski definition) is 1. The molecule has 2 aromatic carbocycles. The second-order valence-electron chi connectivity index (χ2n) is 4.39. The highest BCUT2D eigenvalue weighted by molar-refractivity contribution is 7.98. The Morgan fingerprint density at radius 2 is 1.87 bits per heavy atom. The van der Waals surface area contributed by atoms with Gasteiger partial charge in [0.2, 0.25) is 0 Å². The molecule has 0 saturated heterocycles. The Morgan fingerprint density at radius 3 is 2.52 bits per heavy atom. The van der Waals surface area contributed by atoms with E-state index in [1.165, 1.54) is 18.2 Å². The average molecular weight is 339 g/mol. The highest BCUT2D eigenvalue weighted by Crippen LogP contribution is 2.25. The number of para-hydroxylation sites is 2. The molecule has 2 aromatic rings. The molecule has 0 aliphatic rings. The fraction of sp³-hybridized carbons (Fsp3) is 0.188. The van der Waals surface area contributed by atoms with E-state index in [0.717, 1.165) is 4.90 Å². The zero-order valence-corrected chi connectivity index (χ0v) is 13.1. The highest BCUT2D eigenvalue weighted by atomic mass is 32.2. The zero-order chi connectivity index (χ0) is 16.7. The summed E-state index contributed by atoms with van der Waals surface area (Å²) >= 11 is 1.60. The third-order valence-electron chi connectivity index (χ3n) is 2.81. The van der Waals surface area contributed by atoms with E-state index in [0.29, 0.717) is 5.75 Å². The Morgan fingerprint density at radius 1 is 1.17 bits per heavy atom. The number of amides is 1. The minimum absolute atomic E-state index is 0.0971. The second-order valence-corrected chi connectivity index (χ2v) is 5.27. The van der Waals surface area contributed by atoms with Gasteiger partial charge in [-0.3, -0.25) is 4.79 Å². The molecular weight excluding hydrogens is 324 g/mol. The van der Waals surface area contributed by atoms with Gasteiger partial charge >= 0.3 is 6.61 Å². The number of benzene rings is 2. The Labute approximate surface area is 136 Å².